The van der Waals surface area contributed by atoms with Gasteiger partial charge in [-0.25, -0.2) is 4.79 Å². The van der Waals surface area contributed by atoms with Gasteiger partial charge in [-0.05, 0) is 31.9 Å². The van der Waals surface area contributed by atoms with Crippen LogP contribution < -0.4 is 0 Å². The van der Waals surface area contributed by atoms with Gasteiger partial charge in [-0.2, -0.15) is 0 Å². The summed E-state index contributed by atoms with van der Waals surface area (Å²) in [6.45, 7) is 3.88. The van der Waals surface area contributed by atoms with Crippen LogP contribution in [0.25, 0.3) is 0 Å². The van der Waals surface area contributed by atoms with E-state index in [1.165, 1.54) is 0 Å². The molecule has 0 spiro atoms. The standard InChI is InChI=1S/C13H18O3/c1-3-4-11(13(15)16)8-10-5-6-12(14)7-9(10)2/h6-8,10,14H,3-5H2,1-2H3,(H,15,16). The van der Waals surface area contributed by atoms with Gasteiger partial charge in [-0.3, -0.25) is 0 Å². The molecule has 3 nitrogen and oxygen atoms in total. The summed E-state index contributed by atoms with van der Waals surface area (Å²) in [7, 11) is 0. The number of carboxylic acids is 1. The van der Waals surface area contributed by atoms with E-state index in [2.05, 4.69) is 0 Å². The maximum absolute atomic E-state index is 11.0. The summed E-state index contributed by atoms with van der Waals surface area (Å²) in [5.41, 5.74) is 1.48. The molecule has 0 aromatic heterocycles. The average molecular weight is 222 g/mol. The first-order valence-electron chi connectivity index (χ1n) is 5.56. The zero-order valence-electron chi connectivity index (χ0n) is 9.73. The fourth-order valence-corrected chi connectivity index (χ4v) is 1.81. The van der Waals surface area contributed by atoms with Crippen molar-refractivity contribution in [2.75, 3.05) is 0 Å². The molecule has 88 valence electrons. The highest BCUT2D eigenvalue weighted by atomic mass is 16.4. The Bertz CT molecular complexity index is 361. The average Bonchev–Trinajstić information content (AvgIpc) is 2.20. The van der Waals surface area contributed by atoms with E-state index < -0.39 is 5.97 Å². The molecule has 1 atom stereocenters. The van der Waals surface area contributed by atoms with Crippen LogP contribution in [-0.4, -0.2) is 16.2 Å². The second-order valence-corrected chi connectivity index (χ2v) is 4.11. The molecule has 3 heteroatoms. The smallest absolute Gasteiger partial charge is 0.331 e. The molecule has 0 radical (unpaired) electrons. The SMILES string of the molecule is CCCC(=CC1CC=C(O)C=C1C)C(=O)O. The Morgan fingerprint density at radius 2 is 2.31 bits per heavy atom. The largest absolute Gasteiger partial charge is 0.508 e. The number of hydrogen-bond donors (Lipinski definition) is 2. The molecule has 1 aliphatic carbocycles. The first-order valence-corrected chi connectivity index (χ1v) is 5.56. The van der Waals surface area contributed by atoms with E-state index in [0.717, 1.165) is 12.0 Å². The van der Waals surface area contributed by atoms with Crippen molar-refractivity contribution in [2.45, 2.75) is 33.1 Å². The Morgan fingerprint density at radius 1 is 1.62 bits per heavy atom. The van der Waals surface area contributed by atoms with E-state index in [0.29, 0.717) is 18.4 Å². The molecule has 0 aliphatic heterocycles. The van der Waals surface area contributed by atoms with Gasteiger partial charge in [-0.15, -0.1) is 0 Å². The van der Waals surface area contributed by atoms with Crippen molar-refractivity contribution < 1.29 is 15.0 Å². The molecular weight excluding hydrogens is 204 g/mol. The van der Waals surface area contributed by atoms with Crippen molar-refractivity contribution in [1.82, 2.24) is 0 Å². The molecule has 1 unspecified atom stereocenters. The summed E-state index contributed by atoms with van der Waals surface area (Å²) in [4.78, 5) is 11.0. The molecule has 0 saturated carbocycles. The molecule has 2 N–H and O–H groups in total. The van der Waals surface area contributed by atoms with Crippen molar-refractivity contribution >= 4 is 5.97 Å². The Hall–Kier alpha value is -1.51. The van der Waals surface area contributed by atoms with Crippen LogP contribution in [0.15, 0.2) is 35.1 Å². The van der Waals surface area contributed by atoms with Crippen LogP contribution in [0.2, 0.25) is 0 Å². The lowest BCUT2D eigenvalue weighted by Crippen LogP contribution is -2.08. The zero-order valence-corrected chi connectivity index (χ0v) is 9.73. The van der Waals surface area contributed by atoms with Crippen molar-refractivity contribution in [3.63, 3.8) is 0 Å². The van der Waals surface area contributed by atoms with Crippen LogP contribution in [0.3, 0.4) is 0 Å². The minimum Gasteiger partial charge on any atom is -0.508 e. The van der Waals surface area contributed by atoms with Crippen molar-refractivity contribution in [3.05, 3.63) is 35.1 Å². The van der Waals surface area contributed by atoms with E-state index in [1.54, 1.807) is 18.2 Å². The summed E-state index contributed by atoms with van der Waals surface area (Å²) in [6.07, 6.45) is 7.31. The zero-order chi connectivity index (χ0) is 12.1. The number of rotatable bonds is 4. The van der Waals surface area contributed by atoms with Crippen LogP contribution in [0.4, 0.5) is 0 Å². The van der Waals surface area contributed by atoms with Gasteiger partial charge < -0.3 is 10.2 Å². The molecule has 16 heavy (non-hydrogen) atoms. The first-order chi connectivity index (χ1) is 7.54. The van der Waals surface area contributed by atoms with Crippen LogP contribution >= 0.6 is 0 Å². The molecular formula is C13H18O3. The predicted molar refractivity (Wildman–Crippen MR) is 63.2 cm³/mol. The topological polar surface area (TPSA) is 57.5 Å². The van der Waals surface area contributed by atoms with Gasteiger partial charge in [-0.1, -0.05) is 25.0 Å². The fourth-order valence-electron chi connectivity index (χ4n) is 1.81. The highest BCUT2D eigenvalue weighted by Gasteiger charge is 2.15. The molecule has 0 aromatic rings. The molecule has 0 heterocycles. The second-order valence-electron chi connectivity index (χ2n) is 4.11. The Labute approximate surface area is 95.8 Å². The third-order valence-electron chi connectivity index (χ3n) is 2.74. The monoisotopic (exact) mass is 222 g/mol. The third-order valence-corrected chi connectivity index (χ3v) is 2.74. The summed E-state index contributed by atoms with van der Waals surface area (Å²) in [5.74, 6) is -0.462. The number of aliphatic hydroxyl groups excluding tert-OH is 1. The number of aliphatic carboxylic acids is 1. The summed E-state index contributed by atoms with van der Waals surface area (Å²) >= 11 is 0. The van der Waals surface area contributed by atoms with E-state index in [1.807, 2.05) is 13.8 Å². The number of carboxylic acid groups (broad SMARTS) is 1. The summed E-state index contributed by atoms with van der Waals surface area (Å²) < 4.78 is 0. The lowest BCUT2D eigenvalue weighted by atomic mass is 9.89. The number of allylic oxidation sites excluding steroid dienone is 4. The molecule has 0 bridgehead atoms. The minimum absolute atomic E-state index is 0.105. The molecule has 0 saturated heterocycles. The van der Waals surface area contributed by atoms with Crippen LogP contribution in [0.1, 0.15) is 33.1 Å². The highest BCUT2D eigenvalue weighted by molar-refractivity contribution is 5.86. The third kappa shape index (κ3) is 3.26. The van der Waals surface area contributed by atoms with Crippen molar-refractivity contribution in [2.24, 2.45) is 5.92 Å². The minimum atomic E-state index is -0.839. The molecule has 0 amide bonds. The van der Waals surface area contributed by atoms with Gasteiger partial charge in [0.05, 0.1) is 0 Å². The maximum atomic E-state index is 11.0. The highest BCUT2D eigenvalue weighted by Crippen LogP contribution is 2.25. The second kappa shape index (κ2) is 5.54. The maximum Gasteiger partial charge on any atom is 0.331 e. The molecule has 1 aliphatic rings. The fraction of sp³-hybridized carbons (Fsp3) is 0.462. The van der Waals surface area contributed by atoms with Gasteiger partial charge in [0, 0.05) is 11.5 Å². The lowest BCUT2D eigenvalue weighted by molar-refractivity contribution is -0.132. The van der Waals surface area contributed by atoms with E-state index in [-0.39, 0.29) is 11.7 Å². The van der Waals surface area contributed by atoms with Crippen molar-refractivity contribution in [3.8, 4) is 0 Å². The number of aliphatic hydroxyl groups is 1. The summed E-state index contributed by atoms with van der Waals surface area (Å²) in [5, 5.41) is 18.3. The lowest BCUT2D eigenvalue weighted by Gasteiger charge is -2.17. The Kier molecular flexibility index (Phi) is 4.35. The van der Waals surface area contributed by atoms with E-state index in [4.69, 9.17) is 5.11 Å². The molecule has 0 aromatic carbocycles. The number of hydrogen-bond acceptors (Lipinski definition) is 2. The van der Waals surface area contributed by atoms with Crippen LogP contribution in [-0.2, 0) is 4.79 Å². The molecule has 1 rings (SSSR count). The van der Waals surface area contributed by atoms with Crippen molar-refractivity contribution in [1.29, 1.82) is 0 Å². The predicted octanol–water partition coefficient (Wildman–Crippen LogP) is 3.21. The van der Waals surface area contributed by atoms with Gasteiger partial charge in [0.15, 0.2) is 0 Å². The quantitative estimate of drug-likeness (QED) is 0.718. The van der Waals surface area contributed by atoms with Gasteiger partial charge in [0.1, 0.15) is 5.76 Å². The van der Waals surface area contributed by atoms with Gasteiger partial charge in [0.2, 0.25) is 0 Å². The van der Waals surface area contributed by atoms with Crippen LogP contribution in [0.5, 0.6) is 0 Å². The van der Waals surface area contributed by atoms with Gasteiger partial charge >= 0.3 is 5.97 Å². The van der Waals surface area contributed by atoms with Crippen LogP contribution in [0, 0.1) is 5.92 Å². The van der Waals surface area contributed by atoms with E-state index in [9.17, 15) is 9.90 Å². The Morgan fingerprint density at radius 3 is 2.81 bits per heavy atom. The number of carbonyl (C=O) groups is 1. The summed E-state index contributed by atoms with van der Waals surface area (Å²) in [6, 6.07) is 0. The first kappa shape index (κ1) is 12.6. The molecule has 0 fully saturated rings. The van der Waals surface area contributed by atoms with Gasteiger partial charge in [0.25, 0.3) is 0 Å². The van der Waals surface area contributed by atoms with E-state index >= 15 is 0 Å². The normalized spacial score (nSPS) is 21.4. The Balaban J connectivity index is 2.83.